The average molecular weight is 451 g/mol. The summed E-state index contributed by atoms with van der Waals surface area (Å²) < 4.78 is 36.5. The Hall–Kier alpha value is -2.09. The standard InChI is InChI=1S/C22H25ClF2N2O2Si/c1-22(2,3)30(4,5)29-10-9-27-18-12-19(23)26-13-14(18)11-15(21(27)28)20-16(24)7-6-8-17(20)25/h6-8,11-13H,9-10H2,1-5H3. The quantitative estimate of drug-likeness (QED) is 0.353. The molecule has 2 aromatic heterocycles. The first-order valence-corrected chi connectivity index (χ1v) is 13.0. The Kier molecular flexibility index (Phi) is 6.18. The van der Waals surface area contributed by atoms with Gasteiger partial charge in [0.15, 0.2) is 8.32 Å². The Balaban J connectivity index is 2.12. The van der Waals surface area contributed by atoms with Crippen LogP contribution in [-0.4, -0.2) is 24.5 Å². The maximum Gasteiger partial charge on any atom is 0.259 e. The van der Waals surface area contributed by atoms with E-state index in [1.807, 2.05) is 0 Å². The molecule has 30 heavy (non-hydrogen) atoms. The minimum absolute atomic E-state index is 0.0192. The summed E-state index contributed by atoms with van der Waals surface area (Å²) in [6, 6.07) is 6.56. The van der Waals surface area contributed by atoms with Gasteiger partial charge in [0.1, 0.15) is 16.8 Å². The summed E-state index contributed by atoms with van der Waals surface area (Å²) in [6.07, 6.45) is 1.49. The number of pyridine rings is 2. The van der Waals surface area contributed by atoms with Gasteiger partial charge in [-0.05, 0) is 42.4 Å². The van der Waals surface area contributed by atoms with Crippen molar-refractivity contribution in [2.45, 2.75) is 45.4 Å². The van der Waals surface area contributed by atoms with Crippen LogP contribution in [0.15, 0.2) is 41.3 Å². The van der Waals surface area contributed by atoms with Crippen LogP contribution in [0.3, 0.4) is 0 Å². The highest BCUT2D eigenvalue weighted by Gasteiger charge is 2.37. The molecule has 3 rings (SSSR count). The predicted octanol–water partition coefficient (Wildman–Crippen LogP) is 6.02. The van der Waals surface area contributed by atoms with Crippen molar-refractivity contribution in [1.29, 1.82) is 0 Å². The second-order valence-electron chi connectivity index (χ2n) is 8.79. The van der Waals surface area contributed by atoms with E-state index in [1.165, 1.54) is 22.9 Å². The molecule has 0 aliphatic heterocycles. The maximum atomic E-state index is 14.4. The lowest BCUT2D eigenvalue weighted by Crippen LogP contribution is -2.42. The smallest absolute Gasteiger partial charge is 0.259 e. The lowest BCUT2D eigenvalue weighted by Gasteiger charge is -2.36. The van der Waals surface area contributed by atoms with Crippen LogP contribution >= 0.6 is 11.6 Å². The number of benzene rings is 1. The van der Waals surface area contributed by atoms with E-state index in [-0.39, 0.29) is 27.9 Å². The molecule has 0 saturated heterocycles. The van der Waals surface area contributed by atoms with Gasteiger partial charge in [-0.2, -0.15) is 0 Å². The summed E-state index contributed by atoms with van der Waals surface area (Å²) in [4.78, 5) is 17.3. The number of hydrogen-bond acceptors (Lipinski definition) is 3. The number of halogens is 3. The minimum Gasteiger partial charge on any atom is -0.415 e. The predicted molar refractivity (Wildman–Crippen MR) is 120 cm³/mol. The fourth-order valence-electron chi connectivity index (χ4n) is 3.01. The molecule has 2 heterocycles. The molecular formula is C22H25ClF2N2O2Si. The van der Waals surface area contributed by atoms with Crippen molar-refractivity contribution in [3.63, 3.8) is 0 Å². The highest BCUT2D eigenvalue weighted by atomic mass is 35.5. The van der Waals surface area contributed by atoms with Gasteiger partial charge in [-0.3, -0.25) is 4.79 Å². The van der Waals surface area contributed by atoms with Crippen molar-refractivity contribution in [3.8, 4) is 11.1 Å². The van der Waals surface area contributed by atoms with Crippen LogP contribution in [0.25, 0.3) is 22.0 Å². The molecule has 8 heteroatoms. The van der Waals surface area contributed by atoms with Gasteiger partial charge < -0.3 is 8.99 Å². The summed E-state index contributed by atoms with van der Waals surface area (Å²) in [7, 11) is -2.02. The summed E-state index contributed by atoms with van der Waals surface area (Å²) in [5.74, 6) is -1.59. The third-order valence-electron chi connectivity index (χ3n) is 5.76. The first-order valence-electron chi connectivity index (χ1n) is 9.70. The van der Waals surface area contributed by atoms with Crippen molar-refractivity contribution in [3.05, 3.63) is 63.7 Å². The van der Waals surface area contributed by atoms with Crippen LogP contribution in [0.4, 0.5) is 8.78 Å². The number of hydrogen-bond donors (Lipinski definition) is 0. The molecule has 0 aliphatic carbocycles. The van der Waals surface area contributed by atoms with Gasteiger partial charge in [-0.1, -0.05) is 38.4 Å². The molecule has 160 valence electrons. The largest absolute Gasteiger partial charge is 0.415 e. The molecule has 0 atom stereocenters. The molecule has 0 fully saturated rings. The molecule has 4 nitrogen and oxygen atoms in total. The Morgan fingerprint density at radius 3 is 2.40 bits per heavy atom. The lowest BCUT2D eigenvalue weighted by atomic mass is 10.0. The van der Waals surface area contributed by atoms with Gasteiger partial charge in [-0.15, -0.1) is 0 Å². The summed E-state index contributed by atoms with van der Waals surface area (Å²) >= 11 is 6.05. The normalized spacial score (nSPS) is 12.5. The van der Waals surface area contributed by atoms with E-state index in [9.17, 15) is 13.6 Å². The molecule has 0 amide bonds. The third kappa shape index (κ3) is 4.33. The van der Waals surface area contributed by atoms with Gasteiger partial charge in [-0.25, -0.2) is 13.8 Å². The molecule has 0 aliphatic rings. The van der Waals surface area contributed by atoms with Crippen LogP contribution in [0.5, 0.6) is 0 Å². The topological polar surface area (TPSA) is 44.1 Å². The fraction of sp³-hybridized carbons (Fsp3) is 0.364. The Labute approximate surface area is 180 Å². The Bertz CT molecular complexity index is 1140. The second kappa shape index (κ2) is 8.21. The maximum absolute atomic E-state index is 14.4. The van der Waals surface area contributed by atoms with Gasteiger partial charge >= 0.3 is 0 Å². The van der Waals surface area contributed by atoms with Crippen molar-refractivity contribution in [1.82, 2.24) is 9.55 Å². The molecule has 0 unspecified atom stereocenters. The van der Waals surface area contributed by atoms with Crippen LogP contribution < -0.4 is 5.56 Å². The molecular weight excluding hydrogens is 426 g/mol. The first-order chi connectivity index (χ1) is 13.9. The monoisotopic (exact) mass is 450 g/mol. The van der Waals surface area contributed by atoms with E-state index in [1.54, 1.807) is 6.07 Å². The van der Waals surface area contributed by atoms with E-state index >= 15 is 0 Å². The first kappa shape index (κ1) is 22.6. The minimum atomic E-state index is -2.02. The Morgan fingerprint density at radius 2 is 1.80 bits per heavy atom. The van der Waals surface area contributed by atoms with Gasteiger partial charge in [0.2, 0.25) is 0 Å². The fourth-order valence-corrected chi connectivity index (χ4v) is 4.20. The van der Waals surface area contributed by atoms with E-state index < -0.39 is 25.5 Å². The summed E-state index contributed by atoms with van der Waals surface area (Å²) in [5, 5.41) is 0.806. The molecule has 0 N–H and O–H groups in total. The zero-order chi connectivity index (χ0) is 22.3. The van der Waals surface area contributed by atoms with Gasteiger partial charge in [0, 0.05) is 18.1 Å². The number of fused-ring (bicyclic) bond motifs is 1. The lowest BCUT2D eigenvalue weighted by molar-refractivity contribution is 0.272. The summed E-state index contributed by atoms with van der Waals surface area (Å²) in [6.45, 7) is 11.2. The van der Waals surface area contributed by atoms with Crippen molar-refractivity contribution >= 4 is 30.8 Å². The number of rotatable bonds is 5. The van der Waals surface area contributed by atoms with E-state index in [2.05, 4.69) is 38.8 Å². The number of nitrogens with zero attached hydrogens (tertiary/aromatic N) is 2. The summed E-state index contributed by atoms with van der Waals surface area (Å²) in [5.41, 5.74) is -0.375. The molecule has 3 aromatic rings. The van der Waals surface area contributed by atoms with Crippen molar-refractivity contribution < 1.29 is 13.2 Å². The molecule has 0 spiro atoms. The third-order valence-corrected chi connectivity index (χ3v) is 10.5. The Morgan fingerprint density at radius 1 is 1.17 bits per heavy atom. The van der Waals surface area contributed by atoms with Crippen molar-refractivity contribution in [2.75, 3.05) is 6.61 Å². The average Bonchev–Trinajstić information content (AvgIpc) is 2.63. The van der Waals surface area contributed by atoms with Crippen LogP contribution in [-0.2, 0) is 11.0 Å². The molecule has 1 aromatic carbocycles. The van der Waals surface area contributed by atoms with Crippen LogP contribution in [0.2, 0.25) is 23.3 Å². The zero-order valence-electron chi connectivity index (χ0n) is 17.7. The van der Waals surface area contributed by atoms with Gasteiger partial charge in [0.25, 0.3) is 5.56 Å². The van der Waals surface area contributed by atoms with Crippen molar-refractivity contribution in [2.24, 2.45) is 0 Å². The highest BCUT2D eigenvalue weighted by molar-refractivity contribution is 6.74. The molecule has 0 saturated carbocycles. The van der Waals surface area contributed by atoms with E-state index in [4.69, 9.17) is 16.0 Å². The van der Waals surface area contributed by atoms with E-state index in [0.717, 1.165) is 12.1 Å². The van der Waals surface area contributed by atoms with Crippen LogP contribution in [0.1, 0.15) is 20.8 Å². The molecule has 0 radical (unpaired) electrons. The van der Waals surface area contributed by atoms with E-state index in [0.29, 0.717) is 17.5 Å². The molecule has 0 bridgehead atoms. The second-order valence-corrected chi connectivity index (χ2v) is 14.0. The highest BCUT2D eigenvalue weighted by Crippen LogP contribution is 2.36. The SMILES string of the molecule is CC(C)(C)[Si](C)(C)OCCn1c(=O)c(-c2c(F)cccc2F)cc2cnc(Cl)cc21. The van der Waals surface area contributed by atoms with Crippen LogP contribution in [0, 0.1) is 11.6 Å². The zero-order valence-corrected chi connectivity index (χ0v) is 19.5. The van der Waals surface area contributed by atoms with Gasteiger partial charge in [0.05, 0.1) is 23.3 Å². The number of aromatic nitrogens is 2.